The molecule has 130 valence electrons. The summed E-state index contributed by atoms with van der Waals surface area (Å²) >= 11 is 0. The topological polar surface area (TPSA) is 93.7 Å². The van der Waals surface area contributed by atoms with Gasteiger partial charge in [0.2, 0.25) is 5.91 Å². The maximum absolute atomic E-state index is 11.7. The number of nitrogens with one attached hydrogen (secondary N) is 2. The first-order valence-corrected chi connectivity index (χ1v) is 7.46. The Kier molecular flexibility index (Phi) is 7.48. The monoisotopic (exact) mass is 334 g/mol. The molecule has 0 bridgehead atoms. The second-order valence-electron chi connectivity index (χ2n) is 5.03. The summed E-state index contributed by atoms with van der Waals surface area (Å²) in [5.74, 6) is -1.43. The molecule has 0 saturated carbocycles. The predicted molar refractivity (Wildman–Crippen MR) is 90.5 cm³/mol. The summed E-state index contributed by atoms with van der Waals surface area (Å²) in [6.45, 7) is 3.76. The summed E-state index contributed by atoms with van der Waals surface area (Å²) in [7, 11) is 2.43. The first-order valence-electron chi connectivity index (χ1n) is 7.46. The Balaban J connectivity index is 2.95. The van der Waals surface area contributed by atoms with Gasteiger partial charge in [-0.25, -0.2) is 9.59 Å². The summed E-state index contributed by atoms with van der Waals surface area (Å²) in [6, 6.07) is 5.15. The average Bonchev–Trinajstić information content (AvgIpc) is 2.56. The zero-order chi connectivity index (χ0) is 18.1. The lowest BCUT2D eigenvalue weighted by molar-refractivity contribution is -0.138. The van der Waals surface area contributed by atoms with E-state index in [0.717, 1.165) is 18.1 Å². The van der Waals surface area contributed by atoms with Crippen molar-refractivity contribution in [3.8, 4) is 0 Å². The number of esters is 2. The predicted octanol–water partition coefficient (Wildman–Crippen LogP) is 2.38. The largest absolute Gasteiger partial charge is 0.466 e. The van der Waals surface area contributed by atoms with Gasteiger partial charge in [0.15, 0.2) is 0 Å². The minimum absolute atomic E-state index is 0.0495. The highest BCUT2D eigenvalue weighted by atomic mass is 16.5. The third kappa shape index (κ3) is 5.75. The van der Waals surface area contributed by atoms with Crippen LogP contribution in [0.2, 0.25) is 0 Å². The van der Waals surface area contributed by atoms with Gasteiger partial charge < -0.3 is 20.1 Å². The van der Waals surface area contributed by atoms with E-state index in [4.69, 9.17) is 0 Å². The molecule has 0 spiro atoms. The lowest BCUT2D eigenvalue weighted by Crippen LogP contribution is -2.16. The van der Waals surface area contributed by atoms with Crippen molar-refractivity contribution in [3.63, 3.8) is 0 Å². The molecule has 0 unspecified atom stereocenters. The molecule has 0 aliphatic rings. The van der Waals surface area contributed by atoms with Gasteiger partial charge in [0.05, 0.1) is 20.3 Å². The molecule has 0 saturated heterocycles. The van der Waals surface area contributed by atoms with Gasteiger partial charge >= 0.3 is 11.9 Å². The maximum Gasteiger partial charge on any atom is 0.354 e. The van der Waals surface area contributed by atoms with Crippen LogP contribution in [-0.2, 0) is 23.9 Å². The highest BCUT2D eigenvalue weighted by Gasteiger charge is 2.13. The molecule has 0 aromatic heterocycles. The van der Waals surface area contributed by atoms with E-state index in [-0.39, 0.29) is 11.6 Å². The van der Waals surface area contributed by atoms with E-state index in [1.54, 1.807) is 18.2 Å². The van der Waals surface area contributed by atoms with Crippen molar-refractivity contribution in [1.82, 2.24) is 0 Å². The van der Waals surface area contributed by atoms with Crippen LogP contribution in [0, 0.1) is 6.92 Å². The first kappa shape index (κ1) is 19.2. The highest BCUT2D eigenvalue weighted by Crippen LogP contribution is 2.21. The quantitative estimate of drug-likeness (QED) is 0.587. The van der Waals surface area contributed by atoms with Crippen LogP contribution in [-0.4, -0.2) is 32.1 Å². The van der Waals surface area contributed by atoms with Gasteiger partial charge in [0.25, 0.3) is 0 Å². The van der Waals surface area contributed by atoms with Gasteiger partial charge in [-0.1, -0.05) is 6.92 Å². The van der Waals surface area contributed by atoms with Gasteiger partial charge in [0.1, 0.15) is 5.70 Å². The Hall–Kier alpha value is -2.83. The minimum Gasteiger partial charge on any atom is -0.466 e. The fourth-order valence-corrected chi connectivity index (χ4v) is 1.91. The van der Waals surface area contributed by atoms with E-state index in [1.165, 1.54) is 14.2 Å². The number of aryl methyl sites for hydroxylation is 1. The van der Waals surface area contributed by atoms with E-state index in [0.29, 0.717) is 17.8 Å². The van der Waals surface area contributed by atoms with Gasteiger partial charge in [-0.3, -0.25) is 4.79 Å². The Morgan fingerprint density at radius 2 is 1.83 bits per heavy atom. The van der Waals surface area contributed by atoms with Crippen LogP contribution in [0.15, 0.2) is 30.0 Å². The summed E-state index contributed by atoms with van der Waals surface area (Å²) < 4.78 is 9.14. The average molecular weight is 334 g/mol. The molecule has 2 N–H and O–H groups in total. The number of hydrogen-bond donors (Lipinski definition) is 2. The van der Waals surface area contributed by atoms with Crippen LogP contribution in [0.4, 0.5) is 11.4 Å². The number of carbonyl (C=O) groups is 3. The van der Waals surface area contributed by atoms with Crippen LogP contribution >= 0.6 is 0 Å². The molecule has 24 heavy (non-hydrogen) atoms. The van der Waals surface area contributed by atoms with Crippen molar-refractivity contribution < 1.29 is 23.9 Å². The second-order valence-corrected chi connectivity index (χ2v) is 5.03. The number of amides is 1. The Bertz CT molecular complexity index is 652. The SMILES string of the molecule is CCCC(=O)Nc1ccc(N/C(=C/C(=O)OC)C(=O)OC)cc1C. The Labute approximate surface area is 141 Å². The lowest BCUT2D eigenvalue weighted by atomic mass is 10.1. The molecule has 0 radical (unpaired) electrons. The van der Waals surface area contributed by atoms with Gasteiger partial charge in [0, 0.05) is 17.8 Å². The molecule has 0 fully saturated rings. The lowest BCUT2D eigenvalue weighted by Gasteiger charge is -2.12. The Morgan fingerprint density at radius 3 is 2.38 bits per heavy atom. The van der Waals surface area contributed by atoms with E-state index in [2.05, 4.69) is 20.1 Å². The van der Waals surface area contributed by atoms with Crippen LogP contribution in [0.25, 0.3) is 0 Å². The maximum atomic E-state index is 11.7. The van der Waals surface area contributed by atoms with Crippen molar-refractivity contribution in [2.45, 2.75) is 26.7 Å². The van der Waals surface area contributed by atoms with Crippen LogP contribution in [0.3, 0.4) is 0 Å². The van der Waals surface area contributed by atoms with Crippen LogP contribution in [0.1, 0.15) is 25.3 Å². The number of anilines is 2. The number of ether oxygens (including phenoxy) is 2. The van der Waals surface area contributed by atoms with Gasteiger partial charge in [-0.05, 0) is 37.1 Å². The summed E-state index contributed by atoms with van der Waals surface area (Å²) in [5, 5.41) is 5.63. The van der Waals surface area contributed by atoms with Gasteiger partial charge in [-0.2, -0.15) is 0 Å². The molecule has 1 aromatic carbocycles. The standard InChI is InChI=1S/C17H22N2O5/c1-5-6-15(20)19-13-8-7-12(9-11(13)2)18-14(17(22)24-4)10-16(21)23-3/h7-10,18H,5-6H2,1-4H3,(H,19,20)/b14-10+. The number of carbonyl (C=O) groups excluding carboxylic acids is 3. The summed E-state index contributed by atoms with van der Waals surface area (Å²) in [6.07, 6.45) is 2.23. The van der Waals surface area contributed by atoms with Crippen LogP contribution < -0.4 is 10.6 Å². The molecule has 0 aliphatic carbocycles. The summed E-state index contributed by atoms with van der Waals surface area (Å²) in [5.41, 5.74) is 2.02. The third-order valence-corrected chi connectivity index (χ3v) is 3.13. The zero-order valence-electron chi connectivity index (χ0n) is 14.3. The molecule has 0 heterocycles. The molecular formula is C17H22N2O5. The number of hydrogen-bond acceptors (Lipinski definition) is 6. The first-order chi connectivity index (χ1) is 11.4. The minimum atomic E-state index is -0.696. The van der Waals surface area contributed by atoms with Crippen molar-refractivity contribution in [3.05, 3.63) is 35.5 Å². The molecule has 1 aromatic rings. The molecule has 1 amide bonds. The van der Waals surface area contributed by atoms with Crippen molar-refractivity contribution >= 4 is 29.2 Å². The van der Waals surface area contributed by atoms with E-state index < -0.39 is 11.9 Å². The number of methoxy groups -OCH3 is 2. The molecule has 1 rings (SSSR count). The fourth-order valence-electron chi connectivity index (χ4n) is 1.91. The van der Waals surface area contributed by atoms with Crippen molar-refractivity contribution in [1.29, 1.82) is 0 Å². The normalized spacial score (nSPS) is 10.8. The summed E-state index contributed by atoms with van der Waals surface area (Å²) in [4.78, 5) is 34.7. The van der Waals surface area contributed by atoms with E-state index >= 15 is 0 Å². The number of rotatable bonds is 7. The van der Waals surface area contributed by atoms with E-state index in [1.807, 2.05) is 13.8 Å². The second kappa shape index (κ2) is 9.34. The molecule has 7 nitrogen and oxygen atoms in total. The van der Waals surface area contributed by atoms with Gasteiger partial charge in [-0.15, -0.1) is 0 Å². The van der Waals surface area contributed by atoms with Crippen LogP contribution in [0.5, 0.6) is 0 Å². The molecule has 7 heteroatoms. The van der Waals surface area contributed by atoms with Crippen molar-refractivity contribution in [2.75, 3.05) is 24.9 Å². The van der Waals surface area contributed by atoms with Crippen molar-refractivity contribution in [2.24, 2.45) is 0 Å². The molecule has 0 aliphatic heterocycles. The third-order valence-electron chi connectivity index (χ3n) is 3.13. The fraction of sp³-hybridized carbons (Fsp3) is 0.353. The molecular weight excluding hydrogens is 312 g/mol. The smallest absolute Gasteiger partial charge is 0.354 e. The zero-order valence-corrected chi connectivity index (χ0v) is 14.3. The number of benzene rings is 1. The Morgan fingerprint density at radius 1 is 1.12 bits per heavy atom. The van der Waals surface area contributed by atoms with E-state index in [9.17, 15) is 14.4 Å². The molecule has 0 atom stereocenters. The highest BCUT2D eigenvalue weighted by molar-refractivity contribution is 5.99.